The van der Waals surface area contributed by atoms with Crippen molar-refractivity contribution in [1.82, 2.24) is 0 Å². The number of rotatable bonds is 25. The summed E-state index contributed by atoms with van der Waals surface area (Å²) < 4.78 is 11.5. The molecule has 0 aliphatic heterocycles. The fourth-order valence-electron chi connectivity index (χ4n) is 4.58. The van der Waals surface area contributed by atoms with Crippen LogP contribution in [0.25, 0.3) is 0 Å². The normalized spacial score (nSPS) is 12.1. The predicted octanol–water partition coefficient (Wildman–Crippen LogP) is 8.30. The van der Waals surface area contributed by atoms with Crippen molar-refractivity contribution in [3.63, 3.8) is 0 Å². The van der Waals surface area contributed by atoms with Crippen molar-refractivity contribution in [2.24, 2.45) is 0 Å². The average Bonchev–Trinajstić information content (AvgIpc) is 2.72. The van der Waals surface area contributed by atoms with Gasteiger partial charge in [0, 0.05) is 6.42 Å². The van der Waals surface area contributed by atoms with E-state index in [0.29, 0.717) is 19.5 Å². The van der Waals surface area contributed by atoms with Crippen molar-refractivity contribution in [2.45, 2.75) is 147 Å². The number of carbonyl (C=O) groups excluding carboxylic acids is 1. The Morgan fingerprint density at radius 3 is 1.39 bits per heavy atom. The van der Waals surface area contributed by atoms with Crippen LogP contribution in [0.5, 0.6) is 0 Å². The van der Waals surface area contributed by atoms with Crippen LogP contribution in [-0.4, -0.2) is 40.8 Å². The third-order valence-corrected chi connectivity index (χ3v) is 13.9. The van der Waals surface area contributed by atoms with Crippen LogP contribution in [0, 0.1) is 0 Å². The van der Waals surface area contributed by atoms with E-state index in [-0.39, 0.29) is 0 Å². The average molecular weight is 503 g/mol. The van der Waals surface area contributed by atoms with Crippen LogP contribution in [0.2, 0.25) is 38.3 Å². The first kappa shape index (κ1) is 32.3. The third kappa shape index (κ3) is 24.3. The van der Waals surface area contributed by atoms with E-state index in [4.69, 9.17) is 14.0 Å². The van der Waals surface area contributed by atoms with Gasteiger partial charge in [-0.3, -0.25) is 9.59 Å². The summed E-state index contributed by atoms with van der Waals surface area (Å²) in [6.45, 7) is 10.7. The molecule has 0 aliphatic rings. The van der Waals surface area contributed by atoms with E-state index in [9.17, 15) is 9.59 Å². The van der Waals surface area contributed by atoms with Gasteiger partial charge in [0.25, 0.3) is 6.47 Å². The molecule has 0 radical (unpaired) electrons. The van der Waals surface area contributed by atoms with Crippen LogP contribution in [-0.2, 0) is 18.4 Å². The summed E-state index contributed by atoms with van der Waals surface area (Å²) in [5.41, 5.74) is 0. The van der Waals surface area contributed by atoms with Gasteiger partial charge in [-0.05, 0) is 51.1 Å². The third-order valence-electron chi connectivity index (χ3n) is 6.33. The van der Waals surface area contributed by atoms with Crippen molar-refractivity contribution in [2.75, 3.05) is 6.61 Å². The summed E-state index contributed by atoms with van der Waals surface area (Å²) in [4.78, 5) is 20.6. The van der Waals surface area contributed by atoms with Crippen LogP contribution >= 0.6 is 0 Å². The van der Waals surface area contributed by atoms with Crippen LogP contribution in [0.3, 0.4) is 0 Å². The molecule has 5 nitrogen and oxygen atoms in total. The van der Waals surface area contributed by atoms with Gasteiger partial charge in [-0.15, -0.1) is 0 Å². The first-order valence-electron chi connectivity index (χ1n) is 13.7. The SMILES string of the molecule is C[Si](C)(CCCCCCCCCCOC=O)O[Si](C)(C)CCCCCCCCCCC(=O)O. The van der Waals surface area contributed by atoms with E-state index in [1.165, 1.54) is 89.1 Å². The molecule has 0 unspecified atom stereocenters. The maximum Gasteiger partial charge on any atom is 0.303 e. The van der Waals surface area contributed by atoms with Crippen molar-refractivity contribution in [3.05, 3.63) is 0 Å². The monoisotopic (exact) mass is 502 g/mol. The second-order valence-corrected chi connectivity index (χ2v) is 19.7. The second-order valence-electron chi connectivity index (χ2n) is 10.9. The molecule has 1 N–H and O–H groups in total. The van der Waals surface area contributed by atoms with Gasteiger partial charge >= 0.3 is 5.97 Å². The molecule has 0 heterocycles. The molecule has 7 heteroatoms. The minimum Gasteiger partial charge on any atom is -0.481 e. The summed E-state index contributed by atoms with van der Waals surface area (Å²) in [5.74, 6) is -0.669. The highest BCUT2D eigenvalue weighted by Crippen LogP contribution is 2.26. The summed E-state index contributed by atoms with van der Waals surface area (Å²) in [6.07, 6.45) is 19.8. The largest absolute Gasteiger partial charge is 0.481 e. The Labute approximate surface area is 206 Å². The van der Waals surface area contributed by atoms with E-state index in [1.54, 1.807) is 0 Å². The molecule has 0 bridgehead atoms. The number of hydrogen-bond acceptors (Lipinski definition) is 4. The van der Waals surface area contributed by atoms with E-state index in [0.717, 1.165) is 25.7 Å². The highest BCUT2D eigenvalue weighted by Gasteiger charge is 2.32. The summed E-state index contributed by atoms with van der Waals surface area (Å²) in [7, 11) is -3.12. The number of carboxylic acids is 1. The smallest absolute Gasteiger partial charge is 0.303 e. The number of hydrogen-bond donors (Lipinski definition) is 1. The van der Waals surface area contributed by atoms with Crippen LogP contribution in [0.15, 0.2) is 0 Å². The molecule has 0 saturated carbocycles. The molecular weight excluding hydrogens is 448 g/mol. The molecular formula is C26H54O5Si2. The maximum atomic E-state index is 10.5. The zero-order valence-corrected chi connectivity index (χ0v) is 24.3. The van der Waals surface area contributed by atoms with Gasteiger partial charge in [0.05, 0.1) is 6.61 Å². The lowest BCUT2D eigenvalue weighted by Crippen LogP contribution is -2.44. The van der Waals surface area contributed by atoms with Gasteiger partial charge in [0.15, 0.2) is 16.6 Å². The number of carboxylic acid groups (broad SMARTS) is 1. The molecule has 0 aromatic rings. The molecule has 0 rings (SSSR count). The molecule has 0 fully saturated rings. The Bertz CT molecular complexity index is 483. The van der Waals surface area contributed by atoms with Gasteiger partial charge in [0.1, 0.15) is 0 Å². The van der Waals surface area contributed by atoms with E-state index < -0.39 is 22.6 Å². The number of ether oxygens (including phenoxy) is 1. The van der Waals surface area contributed by atoms with Crippen LogP contribution < -0.4 is 0 Å². The van der Waals surface area contributed by atoms with E-state index in [1.807, 2.05) is 0 Å². The van der Waals surface area contributed by atoms with Gasteiger partial charge < -0.3 is 14.0 Å². The fraction of sp³-hybridized carbons (Fsp3) is 0.923. The molecule has 0 amide bonds. The fourth-order valence-corrected chi connectivity index (χ4v) is 13.6. The Kier molecular flexibility index (Phi) is 20.3. The highest BCUT2D eigenvalue weighted by atomic mass is 28.4. The number of carbonyl (C=O) groups is 2. The van der Waals surface area contributed by atoms with Crippen molar-refractivity contribution in [3.8, 4) is 0 Å². The summed E-state index contributed by atoms with van der Waals surface area (Å²) in [5, 5.41) is 8.65. The van der Waals surface area contributed by atoms with Gasteiger partial charge in [-0.2, -0.15) is 0 Å². The van der Waals surface area contributed by atoms with E-state index >= 15 is 0 Å². The molecule has 0 aromatic heterocycles. The number of unbranched alkanes of at least 4 members (excludes halogenated alkanes) is 14. The first-order valence-corrected chi connectivity index (χ1v) is 19.9. The number of aliphatic carboxylic acids is 1. The minimum atomic E-state index is -1.56. The zero-order chi connectivity index (χ0) is 24.8. The zero-order valence-electron chi connectivity index (χ0n) is 22.3. The molecule has 0 atom stereocenters. The van der Waals surface area contributed by atoms with Crippen LogP contribution in [0.1, 0.15) is 109 Å². The lowest BCUT2D eigenvalue weighted by molar-refractivity contribution is -0.137. The Morgan fingerprint density at radius 1 is 0.636 bits per heavy atom. The van der Waals surface area contributed by atoms with Crippen molar-refractivity contribution >= 4 is 29.1 Å². The van der Waals surface area contributed by atoms with Gasteiger partial charge in [-0.25, -0.2) is 0 Å². The predicted molar refractivity (Wildman–Crippen MR) is 144 cm³/mol. The van der Waals surface area contributed by atoms with Crippen molar-refractivity contribution in [1.29, 1.82) is 0 Å². The Hall–Kier alpha value is -0.666. The lowest BCUT2D eigenvalue weighted by Gasteiger charge is -2.34. The molecule has 0 saturated heterocycles. The lowest BCUT2D eigenvalue weighted by atomic mass is 10.1. The standard InChI is InChI=1S/C26H54O5Si2/c1-32(2,23-19-15-11-7-5-9-13-17-21-26(28)29)31-33(3,4)24-20-16-12-8-6-10-14-18-22-30-25-27/h25H,5-24H2,1-4H3,(H,28,29). The van der Waals surface area contributed by atoms with Crippen LogP contribution in [0.4, 0.5) is 0 Å². The quantitative estimate of drug-likeness (QED) is 0.0772. The Morgan fingerprint density at radius 2 is 1.00 bits per heavy atom. The molecule has 33 heavy (non-hydrogen) atoms. The molecule has 0 aliphatic carbocycles. The molecule has 0 aromatic carbocycles. The van der Waals surface area contributed by atoms with Gasteiger partial charge in [-0.1, -0.05) is 89.9 Å². The first-order chi connectivity index (χ1) is 15.7. The summed E-state index contributed by atoms with van der Waals surface area (Å²) in [6, 6.07) is 2.56. The maximum absolute atomic E-state index is 10.5. The van der Waals surface area contributed by atoms with Crippen molar-refractivity contribution < 1.29 is 23.5 Å². The molecule has 0 spiro atoms. The topological polar surface area (TPSA) is 72.8 Å². The summed E-state index contributed by atoms with van der Waals surface area (Å²) >= 11 is 0. The van der Waals surface area contributed by atoms with E-state index in [2.05, 4.69) is 26.2 Å². The minimum absolute atomic E-state index is 0.320. The molecule has 196 valence electrons. The Balaban J connectivity index is 3.66. The van der Waals surface area contributed by atoms with Gasteiger partial charge in [0.2, 0.25) is 0 Å². The highest BCUT2D eigenvalue weighted by molar-refractivity contribution is 6.84. The second kappa shape index (κ2) is 20.7.